The second-order valence-electron chi connectivity index (χ2n) is 7.90. The topological polar surface area (TPSA) is 76.0 Å². The lowest BCUT2D eigenvalue weighted by Crippen LogP contribution is -2.27. The first-order valence-corrected chi connectivity index (χ1v) is 10.6. The molecular weight excluding hydrogens is 400 g/mol. The number of nitrogens with one attached hydrogen (secondary N) is 2. The number of nitrogens with zero attached hydrogens (tertiary/aromatic N) is 2. The van der Waals surface area contributed by atoms with Crippen LogP contribution in [0, 0.1) is 13.8 Å². The molecule has 0 aliphatic heterocycles. The van der Waals surface area contributed by atoms with E-state index in [0.29, 0.717) is 18.5 Å². The lowest BCUT2D eigenvalue weighted by Gasteiger charge is -2.11. The number of aromatic nitrogens is 2. The van der Waals surface area contributed by atoms with Crippen molar-refractivity contribution in [2.75, 3.05) is 11.9 Å². The number of fused-ring (bicyclic) bond motifs is 1. The summed E-state index contributed by atoms with van der Waals surface area (Å²) in [6.07, 6.45) is 0.518. The third kappa shape index (κ3) is 5.03. The smallest absolute Gasteiger partial charge is 0.251 e. The molecule has 0 unspecified atom stereocenters. The number of hydrogen-bond donors (Lipinski definition) is 2. The van der Waals surface area contributed by atoms with Crippen molar-refractivity contribution in [2.24, 2.45) is 0 Å². The number of imidazole rings is 1. The zero-order valence-corrected chi connectivity index (χ0v) is 18.3. The van der Waals surface area contributed by atoms with Crippen LogP contribution in [0.4, 0.5) is 5.69 Å². The van der Waals surface area contributed by atoms with Crippen molar-refractivity contribution in [2.45, 2.75) is 26.8 Å². The molecule has 6 nitrogen and oxygen atoms in total. The van der Waals surface area contributed by atoms with E-state index in [1.807, 2.05) is 85.1 Å². The first-order chi connectivity index (χ1) is 15.5. The third-order valence-corrected chi connectivity index (χ3v) is 5.25. The van der Waals surface area contributed by atoms with Gasteiger partial charge in [-0.3, -0.25) is 9.59 Å². The normalized spacial score (nSPS) is 10.8. The minimum absolute atomic E-state index is 0.117. The van der Waals surface area contributed by atoms with Gasteiger partial charge in [0.05, 0.1) is 11.0 Å². The van der Waals surface area contributed by atoms with Crippen molar-refractivity contribution in [3.05, 3.63) is 95.3 Å². The van der Waals surface area contributed by atoms with Crippen LogP contribution in [0.15, 0.2) is 72.8 Å². The number of anilines is 1. The van der Waals surface area contributed by atoms with Crippen LogP contribution in [-0.4, -0.2) is 27.9 Å². The number of hydrogen-bond acceptors (Lipinski definition) is 3. The van der Waals surface area contributed by atoms with E-state index in [2.05, 4.69) is 10.6 Å². The maximum absolute atomic E-state index is 12.8. The van der Waals surface area contributed by atoms with Gasteiger partial charge in [0.15, 0.2) is 0 Å². The third-order valence-electron chi connectivity index (χ3n) is 5.25. The summed E-state index contributed by atoms with van der Waals surface area (Å²) in [6.45, 7) is 4.52. The molecule has 0 radical (unpaired) electrons. The van der Waals surface area contributed by atoms with Crippen LogP contribution in [0.25, 0.3) is 11.0 Å². The molecule has 0 aliphatic carbocycles. The van der Waals surface area contributed by atoms with Gasteiger partial charge in [-0.1, -0.05) is 42.0 Å². The summed E-state index contributed by atoms with van der Waals surface area (Å²) in [7, 11) is 0. The Labute approximate surface area is 187 Å². The van der Waals surface area contributed by atoms with Gasteiger partial charge in [0.25, 0.3) is 5.91 Å². The van der Waals surface area contributed by atoms with Crippen molar-refractivity contribution in [1.29, 1.82) is 0 Å². The van der Waals surface area contributed by atoms with Crippen molar-refractivity contribution in [1.82, 2.24) is 14.9 Å². The molecule has 0 spiro atoms. The van der Waals surface area contributed by atoms with Gasteiger partial charge >= 0.3 is 0 Å². The summed E-state index contributed by atoms with van der Waals surface area (Å²) in [5.74, 6) is 0.521. The van der Waals surface area contributed by atoms with Gasteiger partial charge in [0.1, 0.15) is 12.4 Å². The van der Waals surface area contributed by atoms with Gasteiger partial charge in [-0.05, 0) is 55.8 Å². The van der Waals surface area contributed by atoms with E-state index in [1.165, 1.54) is 0 Å². The molecule has 32 heavy (non-hydrogen) atoms. The number of benzene rings is 3. The zero-order valence-electron chi connectivity index (χ0n) is 18.3. The van der Waals surface area contributed by atoms with Gasteiger partial charge in [-0.25, -0.2) is 4.98 Å². The highest BCUT2D eigenvalue weighted by Gasteiger charge is 2.14. The summed E-state index contributed by atoms with van der Waals surface area (Å²) in [6, 6.07) is 22.9. The van der Waals surface area contributed by atoms with Crippen LogP contribution in [0.5, 0.6) is 0 Å². The van der Waals surface area contributed by atoms with E-state index in [-0.39, 0.29) is 18.4 Å². The fraction of sp³-hybridized carbons (Fsp3) is 0.192. The largest absolute Gasteiger partial charge is 0.352 e. The molecule has 0 bridgehead atoms. The van der Waals surface area contributed by atoms with Gasteiger partial charge in [0.2, 0.25) is 5.91 Å². The molecule has 2 N–H and O–H groups in total. The van der Waals surface area contributed by atoms with Gasteiger partial charge in [-0.2, -0.15) is 0 Å². The highest BCUT2D eigenvalue weighted by atomic mass is 16.2. The maximum atomic E-state index is 12.8. The van der Waals surface area contributed by atoms with Crippen LogP contribution in [0.1, 0.15) is 27.3 Å². The predicted molar refractivity (Wildman–Crippen MR) is 127 cm³/mol. The molecule has 1 heterocycles. The molecule has 162 valence electrons. The lowest BCUT2D eigenvalue weighted by molar-refractivity contribution is -0.116. The molecule has 2 amide bonds. The van der Waals surface area contributed by atoms with Crippen molar-refractivity contribution < 1.29 is 9.59 Å². The molecule has 6 heteroatoms. The van der Waals surface area contributed by atoms with Crippen LogP contribution in [-0.2, 0) is 17.8 Å². The fourth-order valence-corrected chi connectivity index (χ4v) is 3.74. The van der Waals surface area contributed by atoms with E-state index in [9.17, 15) is 9.59 Å². The molecule has 3 aromatic carbocycles. The van der Waals surface area contributed by atoms with Crippen molar-refractivity contribution in [3.8, 4) is 0 Å². The number of para-hydroxylation sites is 2. The van der Waals surface area contributed by atoms with Gasteiger partial charge in [0, 0.05) is 24.2 Å². The summed E-state index contributed by atoms with van der Waals surface area (Å²) >= 11 is 0. The molecule has 0 atom stereocenters. The number of aryl methyl sites for hydroxylation is 2. The molecule has 4 aromatic rings. The number of carbonyl (C=O) groups excluding carboxylic acids is 2. The Morgan fingerprint density at radius 2 is 1.66 bits per heavy atom. The molecule has 1 aromatic heterocycles. The minimum Gasteiger partial charge on any atom is -0.352 e. The summed E-state index contributed by atoms with van der Waals surface area (Å²) in [5.41, 5.74) is 5.25. The number of carbonyl (C=O) groups is 2. The van der Waals surface area contributed by atoms with Crippen molar-refractivity contribution >= 4 is 28.5 Å². The van der Waals surface area contributed by atoms with E-state index >= 15 is 0 Å². The fourth-order valence-electron chi connectivity index (χ4n) is 3.74. The van der Waals surface area contributed by atoms with Gasteiger partial charge in [-0.15, -0.1) is 0 Å². The summed E-state index contributed by atoms with van der Waals surface area (Å²) in [4.78, 5) is 29.9. The van der Waals surface area contributed by atoms with Crippen LogP contribution >= 0.6 is 0 Å². The zero-order chi connectivity index (χ0) is 22.5. The number of amides is 2. The Balaban J connectivity index is 1.47. The average Bonchev–Trinajstić information content (AvgIpc) is 3.11. The first-order valence-electron chi connectivity index (χ1n) is 10.6. The SMILES string of the molecule is Cc1cccc(NC(=O)Cn2c(CCNC(=O)c3cccc(C)c3)nc3ccccc32)c1. The number of rotatable bonds is 7. The maximum Gasteiger partial charge on any atom is 0.251 e. The monoisotopic (exact) mass is 426 g/mol. The molecule has 4 rings (SSSR count). The lowest BCUT2D eigenvalue weighted by atomic mass is 10.1. The molecule has 0 saturated carbocycles. The standard InChI is InChI=1S/C26H26N4O2/c1-18-7-5-9-20(15-18)26(32)27-14-13-24-29-22-11-3-4-12-23(22)30(24)17-25(31)28-21-10-6-8-19(2)16-21/h3-12,15-16H,13-14,17H2,1-2H3,(H,27,32)(H,28,31). The molecular formula is C26H26N4O2. The Bertz CT molecular complexity index is 1280. The highest BCUT2D eigenvalue weighted by Crippen LogP contribution is 2.17. The van der Waals surface area contributed by atoms with E-state index < -0.39 is 0 Å². The van der Waals surface area contributed by atoms with Crippen LogP contribution in [0.2, 0.25) is 0 Å². The van der Waals surface area contributed by atoms with E-state index in [1.54, 1.807) is 6.07 Å². The quantitative estimate of drug-likeness (QED) is 0.464. The molecule has 0 fully saturated rings. The van der Waals surface area contributed by atoms with Gasteiger partial charge < -0.3 is 15.2 Å². The van der Waals surface area contributed by atoms with Crippen LogP contribution in [0.3, 0.4) is 0 Å². The molecule has 0 saturated heterocycles. The molecule has 0 aliphatic rings. The van der Waals surface area contributed by atoms with E-state index in [4.69, 9.17) is 4.98 Å². The van der Waals surface area contributed by atoms with E-state index in [0.717, 1.165) is 33.7 Å². The minimum atomic E-state index is -0.121. The second-order valence-corrected chi connectivity index (χ2v) is 7.90. The first kappa shape index (κ1) is 21.3. The second kappa shape index (κ2) is 9.47. The summed E-state index contributed by atoms with van der Waals surface area (Å²) < 4.78 is 1.92. The van der Waals surface area contributed by atoms with Crippen LogP contribution < -0.4 is 10.6 Å². The average molecular weight is 427 g/mol. The Morgan fingerprint density at radius 3 is 2.44 bits per heavy atom. The Kier molecular flexibility index (Phi) is 6.31. The van der Waals surface area contributed by atoms with Crippen molar-refractivity contribution in [3.63, 3.8) is 0 Å². The highest BCUT2D eigenvalue weighted by molar-refractivity contribution is 5.94. The Morgan fingerprint density at radius 1 is 0.906 bits per heavy atom. The predicted octanol–water partition coefficient (Wildman–Crippen LogP) is 4.26. The summed E-state index contributed by atoms with van der Waals surface area (Å²) in [5, 5.41) is 5.91. The Hall–Kier alpha value is -3.93.